The standard InChI is InChI=1S/C23H25N3O3/c1-16(27)26-12-11-25(15-20(26)23(24)28)14-19-18-9-5-6-10-21(18)29-22(19)13-17-7-3-2-4-8-17/h2-10,20H,11-15H2,1H3,(H2,24,28). The van der Waals surface area contributed by atoms with Gasteiger partial charge in [0.25, 0.3) is 0 Å². The van der Waals surface area contributed by atoms with Crippen LogP contribution in [0.3, 0.4) is 0 Å². The van der Waals surface area contributed by atoms with E-state index in [2.05, 4.69) is 23.1 Å². The molecule has 1 aliphatic heterocycles. The van der Waals surface area contributed by atoms with E-state index < -0.39 is 11.9 Å². The minimum absolute atomic E-state index is 0.119. The Hall–Kier alpha value is -3.12. The summed E-state index contributed by atoms with van der Waals surface area (Å²) in [5.74, 6) is 0.348. The van der Waals surface area contributed by atoms with E-state index in [4.69, 9.17) is 10.2 Å². The van der Waals surface area contributed by atoms with Crippen LogP contribution in [0, 0.1) is 0 Å². The minimum atomic E-state index is -0.600. The molecule has 0 aliphatic carbocycles. The van der Waals surface area contributed by atoms with Gasteiger partial charge in [0.05, 0.1) is 0 Å². The smallest absolute Gasteiger partial charge is 0.241 e. The highest BCUT2D eigenvalue weighted by atomic mass is 16.3. The summed E-state index contributed by atoms with van der Waals surface area (Å²) in [5.41, 5.74) is 8.75. The first-order chi connectivity index (χ1) is 14.0. The molecule has 1 aromatic heterocycles. The average Bonchev–Trinajstić information content (AvgIpc) is 3.05. The number of hydrogen-bond acceptors (Lipinski definition) is 4. The topological polar surface area (TPSA) is 79.8 Å². The van der Waals surface area contributed by atoms with Gasteiger partial charge in [0.1, 0.15) is 17.4 Å². The predicted molar refractivity (Wildman–Crippen MR) is 111 cm³/mol. The summed E-state index contributed by atoms with van der Waals surface area (Å²) in [5, 5.41) is 1.09. The highest BCUT2D eigenvalue weighted by Crippen LogP contribution is 2.29. The Morgan fingerprint density at radius 2 is 1.79 bits per heavy atom. The van der Waals surface area contributed by atoms with Gasteiger partial charge in [-0.05, 0) is 11.6 Å². The van der Waals surface area contributed by atoms with Gasteiger partial charge in [-0.15, -0.1) is 0 Å². The fourth-order valence-electron chi connectivity index (χ4n) is 4.07. The van der Waals surface area contributed by atoms with E-state index in [1.54, 1.807) is 4.90 Å². The molecule has 6 heteroatoms. The van der Waals surface area contributed by atoms with E-state index in [0.29, 0.717) is 32.6 Å². The second-order valence-corrected chi connectivity index (χ2v) is 7.53. The van der Waals surface area contributed by atoms with Crippen molar-refractivity contribution in [1.82, 2.24) is 9.80 Å². The van der Waals surface area contributed by atoms with Gasteiger partial charge < -0.3 is 15.1 Å². The summed E-state index contributed by atoms with van der Waals surface area (Å²) in [4.78, 5) is 27.5. The summed E-state index contributed by atoms with van der Waals surface area (Å²) in [7, 11) is 0. The maximum absolute atomic E-state index is 11.9. The van der Waals surface area contributed by atoms with Gasteiger partial charge in [0.15, 0.2) is 0 Å². The Kier molecular flexibility index (Phi) is 5.36. The van der Waals surface area contributed by atoms with Crippen LogP contribution in [0.4, 0.5) is 0 Å². The number of furan rings is 1. The maximum atomic E-state index is 11.9. The fraction of sp³-hybridized carbons (Fsp3) is 0.304. The quantitative estimate of drug-likeness (QED) is 0.725. The third kappa shape index (κ3) is 4.03. The normalized spacial score (nSPS) is 17.6. The second-order valence-electron chi connectivity index (χ2n) is 7.53. The van der Waals surface area contributed by atoms with E-state index in [1.165, 1.54) is 12.5 Å². The summed E-state index contributed by atoms with van der Waals surface area (Å²) in [6.45, 7) is 3.74. The molecule has 4 rings (SSSR count). The van der Waals surface area contributed by atoms with Crippen LogP contribution in [0.15, 0.2) is 59.0 Å². The Balaban J connectivity index is 1.62. The van der Waals surface area contributed by atoms with E-state index >= 15 is 0 Å². The van der Waals surface area contributed by atoms with Crippen molar-refractivity contribution in [2.24, 2.45) is 5.73 Å². The maximum Gasteiger partial charge on any atom is 0.241 e. The average molecular weight is 391 g/mol. The van der Waals surface area contributed by atoms with Crippen LogP contribution in [0.1, 0.15) is 23.8 Å². The molecule has 1 unspecified atom stereocenters. The summed E-state index contributed by atoms with van der Waals surface area (Å²) in [6.07, 6.45) is 0.706. The van der Waals surface area contributed by atoms with Gasteiger partial charge in [-0.1, -0.05) is 48.5 Å². The van der Waals surface area contributed by atoms with Crippen molar-refractivity contribution in [3.8, 4) is 0 Å². The number of benzene rings is 2. The zero-order chi connectivity index (χ0) is 20.4. The van der Waals surface area contributed by atoms with E-state index in [1.807, 2.05) is 36.4 Å². The highest BCUT2D eigenvalue weighted by molar-refractivity contribution is 5.86. The Morgan fingerprint density at radius 1 is 1.07 bits per heavy atom. The molecule has 2 heterocycles. The van der Waals surface area contributed by atoms with E-state index in [-0.39, 0.29) is 5.91 Å². The number of piperazine rings is 1. The van der Waals surface area contributed by atoms with Crippen molar-refractivity contribution >= 4 is 22.8 Å². The van der Waals surface area contributed by atoms with Crippen LogP contribution in [0.25, 0.3) is 11.0 Å². The summed E-state index contributed by atoms with van der Waals surface area (Å²) >= 11 is 0. The molecule has 2 amide bonds. The lowest BCUT2D eigenvalue weighted by atomic mass is 10.0. The lowest BCUT2D eigenvalue weighted by Crippen LogP contribution is -2.59. The van der Waals surface area contributed by atoms with Gasteiger partial charge in [-0.3, -0.25) is 14.5 Å². The molecule has 1 fully saturated rings. The van der Waals surface area contributed by atoms with Gasteiger partial charge in [-0.2, -0.15) is 0 Å². The number of amides is 2. The number of fused-ring (bicyclic) bond motifs is 1. The zero-order valence-electron chi connectivity index (χ0n) is 16.5. The molecular weight excluding hydrogens is 366 g/mol. The second kappa shape index (κ2) is 8.09. The van der Waals surface area contributed by atoms with E-state index in [0.717, 1.165) is 22.3 Å². The van der Waals surface area contributed by atoms with Crippen LogP contribution in [0.2, 0.25) is 0 Å². The van der Waals surface area contributed by atoms with Gasteiger partial charge in [0.2, 0.25) is 11.8 Å². The molecule has 2 aromatic carbocycles. The Morgan fingerprint density at radius 3 is 2.52 bits per heavy atom. The Bertz CT molecular complexity index is 1030. The van der Waals surface area contributed by atoms with Crippen molar-refractivity contribution in [3.05, 3.63) is 71.5 Å². The predicted octanol–water partition coefficient (Wildman–Crippen LogP) is 2.54. The molecule has 0 saturated carbocycles. The minimum Gasteiger partial charge on any atom is -0.460 e. The molecule has 0 radical (unpaired) electrons. The lowest BCUT2D eigenvalue weighted by molar-refractivity contribution is -0.141. The zero-order valence-corrected chi connectivity index (χ0v) is 16.5. The number of primary amides is 1. The van der Waals surface area contributed by atoms with Crippen LogP contribution in [0.5, 0.6) is 0 Å². The number of rotatable bonds is 5. The number of nitrogens with two attached hydrogens (primary N) is 1. The van der Waals surface area contributed by atoms with Crippen molar-refractivity contribution < 1.29 is 14.0 Å². The van der Waals surface area contributed by atoms with Crippen molar-refractivity contribution in [3.63, 3.8) is 0 Å². The van der Waals surface area contributed by atoms with Gasteiger partial charge in [0, 0.05) is 50.5 Å². The van der Waals surface area contributed by atoms with Crippen LogP contribution in [-0.4, -0.2) is 47.3 Å². The third-order valence-electron chi connectivity index (χ3n) is 5.57. The molecule has 6 nitrogen and oxygen atoms in total. The monoisotopic (exact) mass is 391 g/mol. The lowest BCUT2D eigenvalue weighted by Gasteiger charge is -2.39. The van der Waals surface area contributed by atoms with E-state index in [9.17, 15) is 9.59 Å². The molecule has 1 saturated heterocycles. The molecule has 150 valence electrons. The van der Waals surface area contributed by atoms with Crippen LogP contribution in [-0.2, 0) is 22.6 Å². The molecule has 3 aromatic rings. The van der Waals surface area contributed by atoms with Crippen LogP contribution >= 0.6 is 0 Å². The number of nitrogens with zero attached hydrogens (tertiary/aromatic N) is 2. The van der Waals surface area contributed by atoms with Gasteiger partial charge in [-0.25, -0.2) is 0 Å². The molecule has 0 spiro atoms. The first kappa shape index (κ1) is 19.2. The first-order valence-electron chi connectivity index (χ1n) is 9.85. The highest BCUT2D eigenvalue weighted by Gasteiger charge is 2.33. The van der Waals surface area contributed by atoms with Crippen molar-refractivity contribution in [2.75, 3.05) is 19.6 Å². The molecule has 0 bridgehead atoms. The SMILES string of the molecule is CC(=O)N1CCN(Cc2c(Cc3ccccc3)oc3ccccc23)CC1C(N)=O. The molecule has 1 atom stereocenters. The van der Waals surface area contributed by atoms with Gasteiger partial charge >= 0.3 is 0 Å². The summed E-state index contributed by atoms with van der Waals surface area (Å²) in [6, 6.07) is 17.7. The van der Waals surface area contributed by atoms with Crippen molar-refractivity contribution in [1.29, 1.82) is 0 Å². The largest absolute Gasteiger partial charge is 0.460 e. The number of hydrogen-bond donors (Lipinski definition) is 1. The molecule has 2 N–H and O–H groups in total. The first-order valence-corrected chi connectivity index (χ1v) is 9.85. The third-order valence-corrected chi connectivity index (χ3v) is 5.57. The molecule has 29 heavy (non-hydrogen) atoms. The summed E-state index contributed by atoms with van der Waals surface area (Å²) < 4.78 is 6.20. The Labute approximate surface area is 169 Å². The molecule has 1 aliphatic rings. The fourth-order valence-corrected chi connectivity index (χ4v) is 4.07. The number of para-hydroxylation sites is 1. The number of carbonyl (C=O) groups is 2. The van der Waals surface area contributed by atoms with Crippen LogP contribution < -0.4 is 5.73 Å². The number of carbonyl (C=O) groups excluding carboxylic acids is 2. The van der Waals surface area contributed by atoms with Crippen molar-refractivity contribution in [2.45, 2.75) is 25.9 Å². The molecular formula is C23H25N3O3.